The van der Waals surface area contributed by atoms with Crippen LogP contribution in [-0.4, -0.2) is 61.0 Å². The number of aliphatic carboxylic acids is 1. The predicted molar refractivity (Wildman–Crippen MR) is 51.3 cm³/mol. The molecule has 0 saturated heterocycles. The van der Waals surface area contributed by atoms with Gasteiger partial charge >= 0.3 is 5.97 Å². The molecule has 14 heavy (non-hydrogen) atoms. The number of halogens is 1. The van der Waals surface area contributed by atoms with Gasteiger partial charge in [0.05, 0.1) is 27.7 Å². The number of carboxylic acid groups (broad SMARTS) is 1. The number of aliphatic hydroxyl groups is 1. The molecular formula is C8H21ClN2O3. The third kappa shape index (κ3) is 22.6. The van der Waals surface area contributed by atoms with Crippen LogP contribution in [0.2, 0.25) is 0 Å². The van der Waals surface area contributed by atoms with Crippen LogP contribution < -0.4 is 18.1 Å². The summed E-state index contributed by atoms with van der Waals surface area (Å²) in [6, 6.07) is -0.731. The summed E-state index contributed by atoms with van der Waals surface area (Å²) in [4.78, 5) is 9.57. The zero-order chi connectivity index (χ0) is 11.1. The normalized spacial score (nSPS) is 11.9. The number of quaternary nitrogens is 1. The Morgan fingerprint density at radius 3 is 1.71 bits per heavy atom. The zero-order valence-corrected chi connectivity index (χ0v) is 9.95. The summed E-state index contributed by atoms with van der Waals surface area (Å²) in [5.74, 6) is -0.963. The Labute approximate surface area is 91.5 Å². The van der Waals surface area contributed by atoms with Crippen LogP contribution in [0.4, 0.5) is 0 Å². The molecule has 0 aliphatic carbocycles. The molecule has 0 aromatic heterocycles. The number of nitrogens with zero attached hydrogens (tertiary/aromatic N) is 1. The third-order valence-electron chi connectivity index (χ3n) is 1.16. The highest BCUT2D eigenvalue weighted by molar-refractivity contribution is 5.72. The zero-order valence-electron chi connectivity index (χ0n) is 9.20. The van der Waals surface area contributed by atoms with E-state index < -0.39 is 12.0 Å². The van der Waals surface area contributed by atoms with Gasteiger partial charge in [-0.3, -0.25) is 4.79 Å². The van der Waals surface area contributed by atoms with Gasteiger partial charge in [-0.15, -0.1) is 0 Å². The molecule has 6 heteroatoms. The Bertz CT molecular complexity index is 146. The average molecular weight is 229 g/mol. The van der Waals surface area contributed by atoms with Crippen molar-refractivity contribution in [2.24, 2.45) is 5.73 Å². The van der Waals surface area contributed by atoms with E-state index in [0.29, 0.717) is 0 Å². The van der Waals surface area contributed by atoms with Crippen LogP contribution in [0.15, 0.2) is 0 Å². The van der Waals surface area contributed by atoms with Crippen molar-refractivity contribution in [1.82, 2.24) is 0 Å². The maximum Gasteiger partial charge on any atom is 0.320 e. The summed E-state index contributed by atoms with van der Waals surface area (Å²) < 4.78 is 0.844. The minimum Gasteiger partial charge on any atom is -1.00 e. The molecule has 0 spiro atoms. The number of carboxylic acids is 1. The summed E-state index contributed by atoms with van der Waals surface area (Å²) in [6.07, 6.45) is 0. The Hall–Kier alpha value is -0.360. The molecule has 0 fully saturated rings. The molecule has 0 aromatic carbocycles. The van der Waals surface area contributed by atoms with Gasteiger partial charge in [-0.25, -0.2) is 0 Å². The van der Waals surface area contributed by atoms with E-state index in [1.165, 1.54) is 6.92 Å². The highest BCUT2D eigenvalue weighted by Crippen LogP contribution is 1.84. The second-order valence-electron chi connectivity index (χ2n) is 3.86. The van der Waals surface area contributed by atoms with Crippen molar-refractivity contribution in [2.45, 2.75) is 13.0 Å². The van der Waals surface area contributed by atoms with Gasteiger partial charge < -0.3 is 32.8 Å². The molecule has 1 atom stereocenters. The van der Waals surface area contributed by atoms with Crippen LogP contribution in [0.3, 0.4) is 0 Å². The SMILES string of the molecule is CC(N)C(=O)O.C[N+](C)(C)CCO.[Cl-]. The molecule has 0 aromatic rings. The quantitative estimate of drug-likeness (QED) is 0.432. The van der Waals surface area contributed by atoms with Crippen LogP contribution in [0, 0.1) is 0 Å². The van der Waals surface area contributed by atoms with E-state index >= 15 is 0 Å². The highest BCUT2D eigenvalue weighted by Gasteiger charge is 2.02. The standard InChI is InChI=1S/C5H14NO.C3H7NO2.ClH/c1-6(2,3)4-5-7;1-2(4)3(5)6;/h7H,4-5H2,1-3H3;2H,4H2,1H3,(H,5,6);1H/q+1;;/p-1. The molecule has 0 aliphatic rings. The lowest BCUT2D eigenvalue weighted by atomic mass is 10.4. The Morgan fingerprint density at radius 2 is 1.71 bits per heavy atom. The van der Waals surface area contributed by atoms with E-state index in [9.17, 15) is 4.79 Å². The molecule has 0 rings (SSSR count). The van der Waals surface area contributed by atoms with Gasteiger partial charge in [-0.2, -0.15) is 0 Å². The van der Waals surface area contributed by atoms with E-state index in [1.807, 2.05) is 0 Å². The number of nitrogens with two attached hydrogens (primary N) is 1. The maximum atomic E-state index is 9.57. The van der Waals surface area contributed by atoms with Crippen LogP contribution in [0.25, 0.3) is 0 Å². The molecular weight excluding hydrogens is 208 g/mol. The van der Waals surface area contributed by atoms with Crippen molar-refractivity contribution in [3.63, 3.8) is 0 Å². The fourth-order valence-electron chi connectivity index (χ4n) is 0.300. The topological polar surface area (TPSA) is 83.6 Å². The van der Waals surface area contributed by atoms with Crippen molar-refractivity contribution in [1.29, 1.82) is 0 Å². The van der Waals surface area contributed by atoms with Crippen LogP contribution in [0.1, 0.15) is 6.92 Å². The second kappa shape index (κ2) is 9.21. The van der Waals surface area contributed by atoms with Crippen molar-refractivity contribution in [3.05, 3.63) is 0 Å². The molecule has 0 radical (unpaired) electrons. The third-order valence-corrected chi connectivity index (χ3v) is 1.16. The van der Waals surface area contributed by atoms with E-state index in [4.69, 9.17) is 15.9 Å². The first-order valence-electron chi connectivity index (χ1n) is 4.10. The molecule has 0 saturated carbocycles. The molecule has 5 nitrogen and oxygen atoms in total. The highest BCUT2D eigenvalue weighted by atomic mass is 35.5. The average Bonchev–Trinajstić information content (AvgIpc) is 1.85. The molecule has 0 amide bonds. The van der Waals surface area contributed by atoms with E-state index in [-0.39, 0.29) is 19.0 Å². The number of likely N-dealkylation sites (N-methyl/N-ethyl adjacent to an activating group) is 1. The monoisotopic (exact) mass is 228 g/mol. The van der Waals surface area contributed by atoms with Gasteiger partial charge in [0.1, 0.15) is 12.6 Å². The fourth-order valence-corrected chi connectivity index (χ4v) is 0.300. The maximum absolute atomic E-state index is 9.57. The second-order valence-corrected chi connectivity index (χ2v) is 3.86. The van der Waals surface area contributed by atoms with Gasteiger partial charge in [0.2, 0.25) is 0 Å². The first-order valence-corrected chi connectivity index (χ1v) is 4.10. The number of rotatable bonds is 3. The van der Waals surface area contributed by atoms with Crippen LogP contribution in [-0.2, 0) is 4.79 Å². The first-order chi connectivity index (χ1) is 5.70. The van der Waals surface area contributed by atoms with Gasteiger partial charge in [-0.05, 0) is 6.92 Å². The van der Waals surface area contributed by atoms with Gasteiger partial charge in [0.25, 0.3) is 0 Å². The predicted octanol–water partition coefficient (Wildman–Crippen LogP) is -3.89. The lowest BCUT2D eigenvalue weighted by molar-refractivity contribution is -0.870. The van der Waals surface area contributed by atoms with Gasteiger partial charge in [0, 0.05) is 0 Å². The number of carbonyl (C=O) groups is 1. The van der Waals surface area contributed by atoms with Gasteiger partial charge in [-0.1, -0.05) is 0 Å². The Kier molecular flexibility index (Phi) is 12.7. The minimum absolute atomic E-state index is 0. The molecule has 4 N–H and O–H groups in total. The summed E-state index contributed by atoms with van der Waals surface area (Å²) in [7, 11) is 6.16. The molecule has 0 aliphatic heterocycles. The molecule has 0 bridgehead atoms. The van der Waals surface area contributed by atoms with Crippen LogP contribution >= 0.6 is 0 Å². The van der Waals surface area contributed by atoms with Crippen molar-refractivity contribution < 1.29 is 31.9 Å². The van der Waals surface area contributed by atoms with E-state index in [2.05, 4.69) is 21.1 Å². The first kappa shape index (κ1) is 19.2. The van der Waals surface area contributed by atoms with Gasteiger partial charge in [0.15, 0.2) is 0 Å². The number of hydrogen-bond acceptors (Lipinski definition) is 3. The Morgan fingerprint density at radius 1 is 1.43 bits per heavy atom. The van der Waals surface area contributed by atoms with Crippen LogP contribution in [0.5, 0.6) is 0 Å². The number of hydrogen-bond donors (Lipinski definition) is 3. The molecule has 88 valence electrons. The summed E-state index contributed by atoms with van der Waals surface area (Å²) in [5.41, 5.74) is 4.84. The minimum atomic E-state index is -0.963. The lowest BCUT2D eigenvalue weighted by Crippen LogP contribution is -3.00. The van der Waals surface area contributed by atoms with E-state index in [1.54, 1.807) is 0 Å². The molecule has 1 unspecified atom stereocenters. The fraction of sp³-hybridized carbons (Fsp3) is 0.875. The van der Waals surface area contributed by atoms with Crippen molar-refractivity contribution >= 4 is 5.97 Å². The largest absolute Gasteiger partial charge is 1.00 e. The summed E-state index contributed by atoms with van der Waals surface area (Å²) in [6.45, 7) is 2.53. The smallest absolute Gasteiger partial charge is 0.320 e. The Balaban J connectivity index is -0.000000163. The van der Waals surface area contributed by atoms with E-state index in [0.717, 1.165) is 11.0 Å². The van der Waals surface area contributed by atoms with Crippen molar-refractivity contribution in [3.8, 4) is 0 Å². The van der Waals surface area contributed by atoms with Crippen molar-refractivity contribution in [2.75, 3.05) is 34.3 Å². The molecule has 0 heterocycles. The number of aliphatic hydroxyl groups excluding tert-OH is 1. The summed E-state index contributed by atoms with van der Waals surface area (Å²) >= 11 is 0. The lowest BCUT2D eigenvalue weighted by Gasteiger charge is -2.21. The summed E-state index contributed by atoms with van der Waals surface area (Å²) in [5, 5.41) is 16.3.